The highest BCUT2D eigenvalue weighted by Gasteiger charge is 2.53. The molecule has 0 radical (unpaired) electrons. The van der Waals surface area contributed by atoms with Crippen LogP contribution in [-0.2, 0) is 4.79 Å². The molecule has 0 aliphatic heterocycles. The van der Waals surface area contributed by atoms with Gasteiger partial charge in [0, 0.05) is 0 Å². The maximum Gasteiger partial charge on any atom is 0.345 e. The molecule has 1 N–H and O–H groups in total. The molecule has 0 aromatic heterocycles. The topological polar surface area (TPSA) is 37.3 Å². The van der Waals surface area contributed by atoms with Gasteiger partial charge in [0.1, 0.15) is 23.2 Å². The number of rotatable bonds is 5. The second kappa shape index (κ2) is 8.42. The van der Waals surface area contributed by atoms with Gasteiger partial charge in [-0.2, -0.15) is 0 Å². The zero-order valence-electron chi connectivity index (χ0n) is 13.9. The van der Waals surface area contributed by atoms with E-state index in [0.29, 0.717) is 0 Å². The molecule has 0 fully saturated rings. The van der Waals surface area contributed by atoms with Gasteiger partial charge < -0.3 is 22.1 Å². The minimum absolute atomic E-state index is 0. The molecule has 1 unspecified atom stereocenters. The second-order valence-corrected chi connectivity index (χ2v) is 9.51. The fourth-order valence-corrected chi connectivity index (χ4v) is 7.77. The summed E-state index contributed by atoms with van der Waals surface area (Å²) in [7, 11) is -2.30. The van der Waals surface area contributed by atoms with Crippen molar-refractivity contribution in [1.82, 2.24) is 0 Å². The third kappa shape index (κ3) is 3.53. The molecule has 4 heteroatoms. The third-order valence-corrected chi connectivity index (χ3v) is 9.15. The van der Waals surface area contributed by atoms with Crippen molar-refractivity contribution in [2.24, 2.45) is 0 Å². The Labute approximate surface area is 159 Å². The average Bonchev–Trinajstić information content (AvgIpc) is 2.65. The van der Waals surface area contributed by atoms with Gasteiger partial charge >= 0.3 is 5.97 Å². The van der Waals surface area contributed by atoms with Gasteiger partial charge in [0.25, 0.3) is 0 Å². The Bertz CT molecular complexity index is 710. The predicted molar refractivity (Wildman–Crippen MR) is 102 cm³/mol. The van der Waals surface area contributed by atoms with Gasteiger partial charge in [0.15, 0.2) is 5.66 Å². The van der Waals surface area contributed by atoms with E-state index in [-0.39, 0.29) is 17.0 Å². The van der Waals surface area contributed by atoms with Gasteiger partial charge in [0.2, 0.25) is 0 Å². The summed E-state index contributed by atoms with van der Waals surface area (Å²) >= 11 is 0. The lowest BCUT2D eigenvalue weighted by molar-refractivity contribution is -0.136. The molecule has 1 atom stereocenters. The Morgan fingerprint density at radius 1 is 0.720 bits per heavy atom. The van der Waals surface area contributed by atoms with Crippen LogP contribution in [0.15, 0.2) is 91.0 Å². The number of carboxylic acid groups (broad SMARTS) is 1. The van der Waals surface area contributed by atoms with Gasteiger partial charge in [-0.1, -0.05) is 54.6 Å². The van der Waals surface area contributed by atoms with Gasteiger partial charge in [-0.25, -0.2) is 4.79 Å². The third-order valence-electron chi connectivity index (χ3n) is 4.43. The van der Waals surface area contributed by atoms with E-state index >= 15 is 0 Å². The van der Waals surface area contributed by atoms with Crippen LogP contribution in [0, 0.1) is 0 Å². The van der Waals surface area contributed by atoms with Crippen LogP contribution in [-0.4, -0.2) is 16.7 Å². The van der Waals surface area contributed by atoms with Gasteiger partial charge in [-0.3, -0.25) is 0 Å². The summed E-state index contributed by atoms with van der Waals surface area (Å²) < 4.78 is 0. The minimum Gasteiger partial charge on any atom is -1.00 e. The van der Waals surface area contributed by atoms with E-state index in [9.17, 15) is 9.90 Å². The van der Waals surface area contributed by atoms with E-state index in [1.807, 2.05) is 61.5 Å². The summed E-state index contributed by atoms with van der Waals surface area (Å²) in [5, 5.41) is 13.2. The summed E-state index contributed by atoms with van der Waals surface area (Å²) in [4.78, 5) is 12.1. The minimum atomic E-state index is -2.30. The van der Waals surface area contributed by atoms with E-state index in [1.165, 1.54) is 0 Å². The van der Waals surface area contributed by atoms with Gasteiger partial charge in [-0.05, 0) is 43.3 Å². The van der Waals surface area contributed by atoms with Gasteiger partial charge in [-0.15, -0.1) is 0 Å². The number of hydrogen-bond donors (Lipinski definition) is 1. The molecule has 0 saturated heterocycles. The molecule has 3 aromatic carbocycles. The quantitative estimate of drug-likeness (QED) is 0.615. The van der Waals surface area contributed by atoms with Crippen LogP contribution in [0.4, 0.5) is 0 Å². The molecule has 2 nitrogen and oxygen atoms in total. The fourth-order valence-electron chi connectivity index (χ4n) is 3.27. The number of aliphatic carboxylic acids is 1. The Kier molecular flexibility index (Phi) is 6.52. The average molecular weight is 415 g/mol. The summed E-state index contributed by atoms with van der Waals surface area (Å²) in [6.07, 6.45) is 0. The maximum absolute atomic E-state index is 12.1. The van der Waals surface area contributed by atoms with Crippen molar-refractivity contribution in [2.45, 2.75) is 12.6 Å². The molecular weight excluding hydrogens is 395 g/mol. The molecule has 0 bridgehead atoms. The first-order chi connectivity index (χ1) is 11.7. The van der Waals surface area contributed by atoms with Crippen molar-refractivity contribution in [3.8, 4) is 0 Å². The normalized spacial score (nSPS) is 12.0. The predicted octanol–water partition coefficient (Wildman–Crippen LogP) is 0.458. The summed E-state index contributed by atoms with van der Waals surface area (Å²) in [5.41, 5.74) is -0.510. The molecule has 0 saturated carbocycles. The Hall–Kier alpha value is -1.96. The van der Waals surface area contributed by atoms with E-state index in [1.54, 1.807) is 0 Å². The standard InChI is InChI=1S/C21H19O2P.BrH/c1-17(21(22)23)24(18-11-5-2-6-12-18,19-13-7-3-8-14-19)20-15-9-4-10-16-20;/h2-17H,1H3;1H. The number of hydrogen-bond acceptors (Lipinski definition) is 1. The molecule has 0 heterocycles. The Balaban J connectivity index is 0.00000225. The second-order valence-electron chi connectivity index (χ2n) is 5.74. The summed E-state index contributed by atoms with van der Waals surface area (Å²) in [5.74, 6) is -0.764. The smallest absolute Gasteiger partial charge is 0.345 e. The van der Waals surface area contributed by atoms with Crippen molar-refractivity contribution >= 4 is 29.1 Å². The first kappa shape index (κ1) is 19.4. The van der Waals surface area contributed by atoms with Crippen LogP contribution in [0.1, 0.15) is 6.92 Å². The van der Waals surface area contributed by atoms with E-state index in [2.05, 4.69) is 36.4 Å². The number of benzene rings is 3. The lowest BCUT2D eigenvalue weighted by Gasteiger charge is -2.30. The molecule has 0 aliphatic rings. The molecule has 3 aromatic rings. The largest absolute Gasteiger partial charge is 1.00 e. The van der Waals surface area contributed by atoms with Crippen molar-refractivity contribution in [1.29, 1.82) is 0 Å². The molecular formula is C21H20BrO2P. The highest BCUT2D eigenvalue weighted by Crippen LogP contribution is 2.59. The van der Waals surface area contributed by atoms with Crippen molar-refractivity contribution < 1.29 is 26.9 Å². The zero-order valence-corrected chi connectivity index (χ0v) is 16.4. The monoisotopic (exact) mass is 414 g/mol. The first-order valence-corrected chi connectivity index (χ1v) is 9.81. The number of carboxylic acids is 1. The van der Waals surface area contributed by atoms with Crippen molar-refractivity contribution in [3.63, 3.8) is 0 Å². The maximum atomic E-state index is 12.1. The molecule has 0 amide bonds. The van der Waals surface area contributed by atoms with Crippen LogP contribution in [0.5, 0.6) is 0 Å². The lowest BCUT2D eigenvalue weighted by Crippen LogP contribution is -3.00. The molecule has 0 aliphatic carbocycles. The highest BCUT2D eigenvalue weighted by atomic mass is 79.9. The Morgan fingerprint density at radius 2 is 1.00 bits per heavy atom. The number of halogens is 1. The van der Waals surface area contributed by atoms with Crippen LogP contribution >= 0.6 is 7.26 Å². The summed E-state index contributed by atoms with van der Waals surface area (Å²) in [6, 6.07) is 30.2. The molecule has 3 rings (SSSR count). The molecule has 25 heavy (non-hydrogen) atoms. The van der Waals surface area contributed by atoms with E-state index in [0.717, 1.165) is 15.9 Å². The van der Waals surface area contributed by atoms with Crippen LogP contribution in [0.25, 0.3) is 0 Å². The van der Waals surface area contributed by atoms with E-state index < -0.39 is 18.9 Å². The molecule has 0 spiro atoms. The zero-order chi connectivity index (χ0) is 17.0. The SMILES string of the molecule is CC(C(=O)O)[P+](c1ccccc1)(c1ccccc1)c1ccccc1.[Br-]. The van der Waals surface area contributed by atoms with Crippen LogP contribution in [0.3, 0.4) is 0 Å². The van der Waals surface area contributed by atoms with Crippen molar-refractivity contribution in [3.05, 3.63) is 91.0 Å². The summed E-state index contributed by atoms with van der Waals surface area (Å²) in [6.45, 7) is 1.84. The fraction of sp³-hybridized carbons (Fsp3) is 0.0952. The van der Waals surface area contributed by atoms with E-state index in [4.69, 9.17) is 0 Å². The van der Waals surface area contributed by atoms with Crippen LogP contribution in [0.2, 0.25) is 0 Å². The number of carbonyl (C=O) groups is 1. The first-order valence-electron chi connectivity index (χ1n) is 7.95. The molecule has 128 valence electrons. The van der Waals surface area contributed by atoms with Crippen molar-refractivity contribution in [2.75, 3.05) is 0 Å². The lowest BCUT2D eigenvalue weighted by atomic mass is 10.3. The Morgan fingerprint density at radius 3 is 1.24 bits per heavy atom. The van der Waals surface area contributed by atoms with Crippen LogP contribution < -0.4 is 32.9 Å². The highest BCUT2D eigenvalue weighted by molar-refractivity contribution is 7.96. The van der Waals surface area contributed by atoms with Gasteiger partial charge in [0.05, 0.1) is 0 Å².